The fourth-order valence-electron chi connectivity index (χ4n) is 1.99. The number of carbonyl (C=O) groups excluding carboxylic acids is 2. The van der Waals surface area contributed by atoms with Gasteiger partial charge in [0, 0.05) is 25.9 Å². The van der Waals surface area contributed by atoms with Crippen molar-refractivity contribution >= 4 is 11.9 Å². The lowest BCUT2D eigenvalue weighted by Crippen LogP contribution is -2.42. The molecule has 1 aliphatic rings. The van der Waals surface area contributed by atoms with Crippen molar-refractivity contribution in [3.8, 4) is 12.3 Å². The molecular formula is C13H19NO3. The topological polar surface area (TPSA) is 46.6 Å². The number of hydrogen-bond acceptors (Lipinski definition) is 3. The van der Waals surface area contributed by atoms with Crippen LogP contribution in [0.4, 0.5) is 0 Å². The summed E-state index contributed by atoms with van der Waals surface area (Å²) in [6.45, 7) is 3.37. The molecule has 0 bridgehead atoms. The Labute approximate surface area is 102 Å². The van der Waals surface area contributed by atoms with Gasteiger partial charge >= 0.3 is 5.97 Å². The summed E-state index contributed by atoms with van der Waals surface area (Å²) < 4.78 is 4.98. The van der Waals surface area contributed by atoms with Crippen molar-refractivity contribution in [2.75, 3.05) is 19.7 Å². The van der Waals surface area contributed by atoms with Gasteiger partial charge in [-0.05, 0) is 19.8 Å². The molecule has 0 aliphatic carbocycles. The van der Waals surface area contributed by atoms with E-state index < -0.39 is 0 Å². The van der Waals surface area contributed by atoms with Gasteiger partial charge in [0.25, 0.3) is 0 Å². The van der Waals surface area contributed by atoms with Crippen LogP contribution in [0.2, 0.25) is 0 Å². The molecule has 0 radical (unpaired) electrons. The number of likely N-dealkylation sites (tertiary alicyclic amines) is 1. The Morgan fingerprint density at radius 2 is 2.29 bits per heavy atom. The van der Waals surface area contributed by atoms with Crippen molar-refractivity contribution in [2.45, 2.75) is 32.6 Å². The zero-order valence-electron chi connectivity index (χ0n) is 10.3. The first-order valence-electron chi connectivity index (χ1n) is 6.07. The maximum atomic E-state index is 11.8. The van der Waals surface area contributed by atoms with Crippen molar-refractivity contribution in [2.24, 2.45) is 5.92 Å². The van der Waals surface area contributed by atoms with Gasteiger partial charge in [-0.3, -0.25) is 9.59 Å². The van der Waals surface area contributed by atoms with Crippen LogP contribution >= 0.6 is 0 Å². The molecule has 1 atom stereocenters. The number of piperidine rings is 1. The van der Waals surface area contributed by atoms with E-state index in [1.807, 2.05) is 0 Å². The number of esters is 1. The maximum absolute atomic E-state index is 11.8. The molecule has 0 aromatic carbocycles. The highest BCUT2D eigenvalue weighted by Crippen LogP contribution is 2.18. The summed E-state index contributed by atoms with van der Waals surface area (Å²) in [5.41, 5.74) is 0. The number of hydrogen-bond donors (Lipinski definition) is 0. The van der Waals surface area contributed by atoms with Crippen LogP contribution in [-0.2, 0) is 14.3 Å². The maximum Gasteiger partial charge on any atom is 0.310 e. The molecule has 0 saturated carbocycles. The third kappa shape index (κ3) is 4.10. The Kier molecular flexibility index (Phi) is 5.55. The van der Waals surface area contributed by atoms with E-state index in [4.69, 9.17) is 11.2 Å². The molecule has 1 amide bonds. The van der Waals surface area contributed by atoms with E-state index >= 15 is 0 Å². The number of terminal acetylenes is 1. The van der Waals surface area contributed by atoms with Crippen molar-refractivity contribution < 1.29 is 14.3 Å². The van der Waals surface area contributed by atoms with E-state index in [2.05, 4.69) is 5.92 Å². The summed E-state index contributed by atoms with van der Waals surface area (Å²) >= 11 is 0. The van der Waals surface area contributed by atoms with Gasteiger partial charge in [0.1, 0.15) is 0 Å². The third-order valence-electron chi connectivity index (χ3n) is 2.88. The lowest BCUT2D eigenvalue weighted by atomic mass is 9.98. The van der Waals surface area contributed by atoms with E-state index in [0.717, 1.165) is 19.4 Å². The number of rotatable bonds is 4. The molecule has 4 heteroatoms. The van der Waals surface area contributed by atoms with Crippen LogP contribution in [0.25, 0.3) is 0 Å². The largest absolute Gasteiger partial charge is 0.466 e. The number of amides is 1. The molecule has 0 N–H and O–H groups in total. The molecule has 0 unspecified atom stereocenters. The quantitative estimate of drug-likeness (QED) is 0.545. The van der Waals surface area contributed by atoms with Crippen LogP contribution in [0.5, 0.6) is 0 Å². The highest BCUT2D eigenvalue weighted by atomic mass is 16.5. The van der Waals surface area contributed by atoms with Crippen molar-refractivity contribution in [1.82, 2.24) is 4.90 Å². The molecule has 1 saturated heterocycles. The average molecular weight is 237 g/mol. The van der Waals surface area contributed by atoms with E-state index in [0.29, 0.717) is 26.0 Å². The molecule has 1 aliphatic heterocycles. The molecule has 1 fully saturated rings. The molecule has 0 spiro atoms. The Morgan fingerprint density at radius 1 is 1.53 bits per heavy atom. The molecule has 4 nitrogen and oxygen atoms in total. The lowest BCUT2D eigenvalue weighted by Gasteiger charge is -2.31. The summed E-state index contributed by atoms with van der Waals surface area (Å²) in [6.07, 6.45) is 7.61. The van der Waals surface area contributed by atoms with Crippen LogP contribution in [0, 0.1) is 18.3 Å². The second kappa shape index (κ2) is 6.95. The van der Waals surface area contributed by atoms with Crippen molar-refractivity contribution in [1.29, 1.82) is 0 Å². The zero-order valence-corrected chi connectivity index (χ0v) is 10.3. The van der Waals surface area contributed by atoms with Gasteiger partial charge in [0.05, 0.1) is 12.5 Å². The van der Waals surface area contributed by atoms with Crippen molar-refractivity contribution in [3.05, 3.63) is 0 Å². The predicted molar refractivity (Wildman–Crippen MR) is 64.0 cm³/mol. The van der Waals surface area contributed by atoms with Crippen LogP contribution in [-0.4, -0.2) is 36.5 Å². The van der Waals surface area contributed by atoms with Gasteiger partial charge in [0.2, 0.25) is 5.91 Å². The fourth-order valence-corrected chi connectivity index (χ4v) is 1.99. The first kappa shape index (κ1) is 13.6. The second-order valence-electron chi connectivity index (χ2n) is 4.14. The molecule has 17 heavy (non-hydrogen) atoms. The zero-order chi connectivity index (χ0) is 12.7. The standard InChI is InChI=1S/C13H19NO3/c1-3-5-8-12(15)14-9-6-7-11(10-14)13(16)17-4-2/h1,11H,4-10H2,2H3/t11-/m0/s1. The Bertz CT molecular complexity index is 319. The smallest absolute Gasteiger partial charge is 0.310 e. The van der Waals surface area contributed by atoms with Gasteiger partial charge in [-0.1, -0.05) is 0 Å². The van der Waals surface area contributed by atoms with Gasteiger partial charge in [-0.2, -0.15) is 0 Å². The Balaban J connectivity index is 2.46. The second-order valence-corrected chi connectivity index (χ2v) is 4.14. The molecule has 1 heterocycles. The number of carbonyl (C=O) groups is 2. The molecule has 0 aromatic heterocycles. The Hall–Kier alpha value is -1.50. The van der Waals surface area contributed by atoms with E-state index in [1.165, 1.54) is 0 Å². The highest BCUT2D eigenvalue weighted by Gasteiger charge is 2.28. The lowest BCUT2D eigenvalue weighted by molar-refractivity contribution is -0.151. The minimum Gasteiger partial charge on any atom is -0.466 e. The van der Waals surface area contributed by atoms with E-state index in [-0.39, 0.29) is 17.8 Å². The molecular weight excluding hydrogens is 218 g/mol. The summed E-state index contributed by atoms with van der Waals surface area (Å²) in [5, 5.41) is 0. The molecule has 0 aromatic rings. The minimum atomic E-state index is -0.193. The van der Waals surface area contributed by atoms with Crippen LogP contribution < -0.4 is 0 Å². The van der Waals surface area contributed by atoms with Gasteiger partial charge in [-0.15, -0.1) is 12.3 Å². The van der Waals surface area contributed by atoms with Gasteiger partial charge in [-0.25, -0.2) is 0 Å². The minimum absolute atomic E-state index is 0.0388. The molecule has 1 rings (SSSR count). The van der Waals surface area contributed by atoms with Crippen molar-refractivity contribution in [3.63, 3.8) is 0 Å². The Morgan fingerprint density at radius 3 is 2.94 bits per heavy atom. The highest BCUT2D eigenvalue weighted by molar-refractivity contribution is 5.78. The summed E-state index contributed by atoms with van der Waals surface area (Å²) in [5.74, 6) is 2.13. The van der Waals surface area contributed by atoms with Crippen LogP contribution in [0.15, 0.2) is 0 Å². The summed E-state index contributed by atoms with van der Waals surface area (Å²) in [7, 11) is 0. The first-order chi connectivity index (χ1) is 8.19. The van der Waals surface area contributed by atoms with Gasteiger partial charge in [0.15, 0.2) is 0 Å². The summed E-state index contributed by atoms with van der Waals surface area (Å²) in [6, 6.07) is 0. The van der Waals surface area contributed by atoms with E-state index in [9.17, 15) is 9.59 Å². The van der Waals surface area contributed by atoms with Crippen LogP contribution in [0.1, 0.15) is 32.6 Å². The third-order valence-corrected chi connectivity index (χ3v) is 2.88. The summed E-state index contributed by atoms with van der Waals surface area (Å²) in [4.78, 5) is 25.1. The predicted octanol–water partition coefficient (Wildman–Crippen LogP) is 1.20. The van der Waals surface area contributed by atoms with Gasteiger partial charge < -0.3 is 9.64 Å². The number of ether oxygens (including phenoxy) is 1. The monoisotopic (exact) mass is 237 g/mol. The normalized spacial score (nSPS) is 19.5. The molecule has 94 valence electrons. The fraction of sp³-hybridized carbons (Fsp3) is 0.692. The van der Waals surface area contributed by atoms with E-state index in [1.54, 1.807) is 11.8 Å². The average Bonchev–Trinajstić information content (AvgIpc) is 2.36. The SMILES string of the molecule is C#CCCC(=O)N1CCC[C@H](C(=O)OCC)C1. The number of nitrogens with zero attached hydrogens (tertiary/aromatic N) is 1. The van der Waals surface area contributed by atoms with Crippen LogP contribution in [0.3, 0.4) is 0 Å². The first-order valence-corrected chi connectivity index (χ1v) is 6.07.